The minimum Gasteiger partial charge on any atom is -0.493 e. The molecule has 3 aromatic carbocycles. The van der Waals surface area contributed by atoms with Crippen molar-refractivity contribution in [2.24, 2.45) is 0 Å². The summed E-state index contributed by atoms with van der Waals surface area (Å²) in [6.45, 7) is 5.36. The Kier molecular flexibility index (Phi) is 6.81. The first-order chi connectivity index (χ1) is 17.9. The third-order valence-electron chi connectivity index (χ3n) is 6.51. The third-order valence-corrected chi connectivity index (χ3v) is 6.51. The van der Waals surface area contributed by atoms with Gasteiger partial charge in [-0.05, 0) is 37.1 Å². The molecule has 0 saturated carbocycles. The number of nitrogens with zero attached hydrogens (tertiary/aromatic N) is 3. The lowest BCUT2D eigenvalue weighted by Crippen LogP contribution is -2.34. The number of imidazole rings is 1. The second-order valence-electron chi connectivity index (χ2n) is 9.18. The number of carbonyl (C=O) groups is 2. The number of fused-ring (bicyclic) bond motifs is 2. The monoisotopic (exact) mass is 498 g/mol. The molecule has 8 nitrogen and oxygen atoms in total. The van der Waals surface area contributed by atoms with Gasteiger partial charge in [-0.25, -0.2) is 4.98 Å². The quantitative estimate of drug-likeness (QED) is 0.428. The van der Waals surface area contributed by atoms with Gasteiger partial charge >= 0.3 is 0 Å². The highest BCUT2D eigenvalue weighted by Gasteiger charge is 2.26. The molecular weight excluding hydrogens is 468 g/mol. The number of benzene rings is 3. The maximum absolute atomic E-state index is 14.2. The molecule has 0 fully saturated rings. The van der Waals surface area contributed by atoms with Gasteiger partial charge < -0.3 is 24.3 Å². The average molecular weight is 499 g/mol. The van der Waals surface area contributed by atoms with E-state index in [9.17, 15) is 9.59 Å². The highest BCUT2D eigenvalue weighted by molar-refractivity contribution is 6.07. The van der Waals surface area contributed by atoms with Gasteiger partial charge in [-0.3, -0.25) is 9.59 Å². The molecule has 0 bridgehead atoms. The van der Waals surface area contributed by atoms with Gasteiger partial charge in [0.15, 0.2) is 11.5 Å². The maximum Gasteiger partial charge on any atom is 0.256 e. The zero-order valence-electron chi connectivity index (χ0n) is 21.3. The Labute approximate surface area is 215 Å². The molecule has 1 aliphatic rings. The Morgan fingerprint density at radius 1 is 1.11 bits per heavy atom. The number of rotatable bonds is 5. The molecule has 0 unspecified atom stereocenters. The maximum atomic E-state index is 14.2. The van der Waals surface area contributed by atoms with Gasteiger partial charge in [0, 0.05) is 37.8 Å². The Bertz CT molecular complexity index is 1460. The second-order valence-corrected chi connectivity index (χ2v) is 9.18. The first-order valence-corrected chi connectivity index (χ1v) is 12.3. The van der Waals surface area contributed by atoms with Crippen molar-refractivity contribution in [2.75, 3.05) is 25.6 Å². The zero-order valence-corrected chi connectivity index (χ0v) is 21.3. The predicted octanol–water partition coefficient (Wildman–Crippen LogP) is 4.78. The van der Waals surface area contributed by atoms with Crippen molar-refractivity contribution < 1.29 is 19.1 Å². The Morgan fingerprint density at radius 2 is 1.92 bits per heavy atom. The van der Waals surface area contributed by atoms with Crippen LogP contribution in [-0.2, 0) is 17.9 Å². The highest BCUT2D eigenvalue weighted by Crippen LogP contribution is 2.34. The fraction of sp³-hybridized carbons (Fsp3) is 0.276. The standard InChI is InChI=1S/C29H30N4O4/c1-19-30-25-16-23(31-20(2)34)15-24(27(25)33(19)17-21-9-5-4-6-10-21)29(35)32-13-8-14-37-28-22(18-32)11-7-12-26(28)36-3/h4-7,9-12,15-16H,8,13-14,17-18H2,1-3H3,(H,31,34). The number of methoxy groups -OCH3 is 1. The molecule has 4 aromatic rings. The molecule has 5 rings (SSSR count). The summed E-state index contributed by atoms with van der Waals surface area (Å²) in [5.41, 5.74) is 4.47. The number of anilines is 1. The van der Waals surface area contributed by atoms with E-state index in [1.807, 2.05) is 54.3 Å². The van der Waals surface area contributed by atoms with Gasteiger partial charge in [0.05, 0.1) is 30.3 Å². The van der Waals surface area contributed by atoms with Crippen LogP contribution in [0.4, 0.5) is 5.69 Å². The number of aryl methyl sites for hydroxylation is 1. The number of nitrogens with one attached hydrogen (secondary N) is 1. The van der Waals surface area contributed by atoms with Crippen LogP contribution in [-0.4, -0.2) is 46.5 Å². The van der Waals surface area contributed by atoms with E-state index in [2.05, 4.69) is 22.0 Å². The third kappa shape index (κ3) is 5.00. The van der Waals surface area contributed by atoms with Crippen molar-refractivity contribution >= 4 is 28.5 Å². The van der Waals surface area contributed by atoms with Crippen molar-refractivity contribution in [1.29, 1.82) is 0 Å². The summed E-state index contributed by atoms with van der Waals surface area (Å²) in [5, 5.41) is 2.83. The summed E-state index contributed by atoms with van der Waals surface area (Å²) in [6, 6.07) is 19.4. The summed E-state index contributed by atoms with van der Waals surface area (Å²) < 4.78 is 13.5. The molecular formula is C29H30N4O4. The number of amides is 2. The van der Waals surface area contributed by atoms with Crippen molar-refractivity contribution in [3.8, 4) is 11.5 Å². The number of carbonyl (C=O) groups excluding carboxylic acids is 2. The first-order valence-electron chi connectivity index (χ1n) is 12.3. The predicted molar refractivity (Wildman–Crippen MR) is 142 cm³/mol. The number of ether oxygens (including phenoxy) is 2. The number of hydrogen-bond donors (Lipinski definition) is 1. The SMILES string of the molecule is COc1cccc2c1OCCCN(C(=O)c1cc(NC(C)=O)cc3nc(C)n(Cc4ccccc4)c13)C2. The molecule has 2 amide bonds. The Hall–Kier alpha value is -4.33. The fourth-order valence-corrected chi connectivity index (χ4v) is 4.85. The van der Waals surface area contributed by atoms with Gasteiger partial charge in [-0.2, -0.15) is 0 Å². The van der Waals surface area contributed by atoms with E-state index in [0.717, 1.165) is 22.5 Å². The Morgan fingerprint density at radius 3 is 2.68 bits per heavy atom. The molecule has 0 saturated heterocycles. The molecule has 0 radical (unpaired) electrons. The molecule has 190 valence electrons. The Balaban J connectivity index is 1.61. The highest BCUT2D eigenvalue weighted by atomic mass is 16.5. The van der Waals surface area contributed by atoms with Gasteiger partial charge in [-0.15, -0.1) is 0 Å². The summed E-state index contributed by atoms with van der Waals surface area (Å²) in [6.07, 6.45) is 0.681. The van der Waals surface area contributed by atoms with E-state index in [0.29, 0.717) is 60.9 Å². The van der Waals surface area contributed by atoms with Crippen LogP contribution in [0, 0.1) is 6.92 Å². The lowest BCUT2D eigenvalue weighted by Gasteiger charge is -2.28. The van der Waals surface area contributed by atoms with Crippen LogP contribution in [0.2, 0.25) is 0 Å². The molecule has 2 heterocycles. The van der Waals surface area contributed by atoms with Crippen molar-refractivity contribution in [3.05, 3.63) is 83.2 Å². The number of para-hydroxylation sites is 1. The van der Waals surface area contributed by atoms with Crippen molar-refractivity contribution in [2.45, 2.75) is 33.4 Å². The molecule has 0 aliphatic carbocycles. The van der Waals surface area contributed by atoms with E-state index < -0.39 is 0 Å². The number of hydrogen-bond acceptors (Lipinski definition) is 5. The summed E-state index contributed by atoms with van der Waals surface area (Å²) in [4.78, 5) is 32.7. The fourth-order valence-electron chi connectivity index (χ4n) is 4.85. The van der Waals surface area contributed by atoms with Gasteiger partial charge in [-0.1, -0.05) is 42.5 Å². The van der Waals surface area contributed by atoms with E-state index >= 15 is 0 Å². The smallest absolute Gasteiger partial charge is 0.256 e. The zero-order chi connectivity index (χ0) is 25.9. The van der Waals surface area contributed by atoms with Crippen LogP contribution in [0.1, 0.15) is 40.7 Å². The van der Waals surface area contributed by atoms with E-state index in [4.69, 9.17) is 14.5 Å². The summed E-state index contributed by atoms with van der Waals surface area (Å²) in [5.74, 6) is 1.79. The lowest BCUT2D eigenvalue weighted by molar-refractivity contribution is -0.114. The molecule has 8 heteroatoms. The molecule has 1 aromatic heterocycles. The van der Waals surface area contributed by atoms with Crippen LogP contribution < -0.4 is 14.8 Å². The molecule has 1 aliphatic heterocycles. The average Bonchev–Trinajstić information content (AvgIpc) is 3.18. The molecule has 37 heavy (non-hydrogen) atoms. The summed E-state index contributed by atoms with van der Waals surface area (Å²) in [7, 11) is 1.61. The first kappa shape index (κ1) is 24.4. The van der Waals surface area contributed by atoms with Crippen LogP contribution in [0.15, 0.2) is 60.7 Å². The van der Waals surface area contributed by atoms with Gasteiger partial charge in [0.2, 0.25) is 5.91 Å². The van der Waals surface area contributed by atoms with Crippen LogP contribution in [0.5, 0.6) is 11.5 Å². The largest absolute Gasteiger partial charge is 0.493 e. The van der Waals surface area contributed by atoms with Crippen LogP contribution in [0.25, 0.3) is 11.0 Å². The topological polar surface area (TPSA) is 85.7 Å². The lowest BCUT2D eigenvalue weighted by atomic mass is 10.1. The molecule has 1 N–H and O–H groups in total. The van der Waals surface area contributed by atoms with E-state index in [1.54, 1.807) is 13.2 Å². The van der Waals surface area contributed by atoms with E-state index in [-0.39, 0.29) is 11.8 Å². The minimum absolute atomic E-state index is 0.123. The van der Waals surface area contributed by atoms with E-state index in [1.165, 1.54) is 6.92 Å². The minimum atomic E-state index is -0.206. The summed E-state index contributed by atoms with van der Waals surface area (Å²) >= 11 is 0. The molecule has 0 spiro atoms. The normalized spacial score (nSPS) is 13.3. The van der Waals surface area contributed by atoms with Crippen LogP contribution >= 0.6 is 0 Å². The second kappa shape index (κ2) is 10.3. The van der Waals surface area contributed by atoms with Gasteiger partial charge in [0.25, 0.3) is 5.91 Å². The van der Waals surface area contributed by atoms with Crippen LogP contribution in [0.3, 0.4) is 0 Å². The number of aromatic nitrogens is 2. The molecule has 0 atom stereocenters. The van der Waals surface area contributed by atoms with Crippen molar-refractivity contribution in [3.63, 3.8) is 0 Å². The van der Waals surface area contributed by atoms with Gasteiger partial charge in [0.1, 0.15) is 5.82 Å². The van der Waals surface area contributed by atoms with Crippen molar-refractivity contribution in [1.82, 2.24) is 14.5 Å².